The average molecular weight is 383 g/mol. The van der Waals surface area contributed by atoms with Gasteiger partial charge in [-0.1, -0.05) is 0 Å². The van der Waals surface area contributed by atoms with E-state index in [2.05, 4.69) is 15.2 Å². The minimum Gasteiger partial charge on any atom is -0.492 e. The van der Waals surface area contributed by atoms with E-state index in [4.69, 9.17) is 9.47 Å². The minimum absolute atomic E-state index is 0.0548. The number of hydrogen-bond acceptors (Lipinski definition) is 4. The van der Waals surface area contributed by atoms with Gasteiger partial charge in [0.05, 0.1) is 19.1 Å². The van der Waals surface area contributed by atoms with Crippen LogP contribution in [0, 0.1) is 17.6 Å². The Morgan fingerprint density at radius 3 is 2.63 bits per heavy atom. The summed E-state index contributed by atoms with van der Waals surface area (Å²) in [6.45, 7) is 6.99. The van der Waals surface area contributed by atoms with Gasteiger partial charge in [-0.15, -0.1) is 0 Å². The van der Waals surface area contributed by atoms with Gasteiger partial charge in [0.15, 0.2) is 17.6 Å². The molecule has 1 N–H and O–H groups in total. The number of halogens is 2. The molecule has 27 heavy (non-hydrogen) atoms. The fourth-order valence-electron chi connectivity index (χ4n) is 2.89. The molecule has 0 bridgehead atoms. The largest absolute Gasteiger partial charge is 0.492 e. The lowest BCUT2D eigenvalue weighted by Gasteiger charge is -2.33. The van der Waals surface area contributed by atoms with Crippen LogP contribution in [0.15, 0.2) is 23.2 Å². The number of carbonyl (C=O) groups excluding carboxylic acids is 1. The molecule has 8 heteroatoms. The van der Waals surface area contributed by atoms with Crippen molar-refractivity contribution in [1.29, 1.82) is 0 Å². The molecule has 0 amide bonds. The van der Waals surface area contributed by atoms with E-state index < -0.39 is 11.6 Å². The zero-order valence-electron chi connectivity index (χ0n) is 15.8. The third-order valence-corrected chi connectivity index (χ3v) is 4.26. The van der Waals surface area contributed by atoms with E-state index in [1.54, 1.807) is 0 Å². The van der Waals surface area contributed by atoms with Crippen LogP contribution >= 0.6 is 0 Å². The Morgan fingerprint density at radius 2 is 2.00 bits per heavy atom. The molecule has 0 radical (unpaired) electrons. The van der Waals surface area contributed by atoms with Gasteiger partial charge in [0.1, 0.15) is 12.4 Å². The predicted octanol–water partition coefficient (Wildman–Crippen LogP) is 2.58. The topological polar surface area (TPSA) is 63.2 Å². The summed E-state index contributed by atoms with van der Waals surface area (Å²) in [5.41, 5.74) is 0. The maximum Gasteiger partial charge on any atom is 0.309 e. The Hall–Kier alpha value is -2.38. The summed E-state index contributed by atoms with van der Waals surface area (Å²) in [5, 5.41) is 3.23. The number of guanidine groups is 1. The average Bonchev–Trinajstić information content (AvgIpc) is 2.67. The molecule has 1 heterocycles. The highest BCUT2D eigenvalue weighted by molar-refractivity contribution is 5.80. The Balaban J connectivity index is 1.83. The first-order chi connectivity index (χ1) is 13.0. The number of likely N-dealkylation sites (tertiary alicyclic amines) is 1. The summed E-state index contributed by atoms with van der Waals surface area (Å²) < 4.78 is 36.6. The lowest BCUT2D eigenvalue weighted by atomic mass is 9.97. The van der Waals surface area contributed by atoms with Gasteiger partial charge < -0.3 is 19.7 Å². The van der Waals surface area contributed by atoms with Gasteiger partial charge in [-0.2, -0.15) is 0 Å². The molecule has 1 saturated heterocycles. The van der Waals surface area contributed by atoms with Gasteiger partial charge >= 0.3 is 5.97 Å². The number of hydrogen-bond donors (Lipinski definition) is 1. The van der Waals surface area contributed by atoms with E-state index in [0.717, 1.165) is 50.6 Å². The number of rotatable bonds is 7. The molecule has 1 aromatic carbocycles. The number of benzene rings is 1. The van der Waals surface area contributed by atoms with Crippen LogP contribution in [0.5, 0.6) is 5.75 Å². The first kappa shape index (κ1) is 20.9. The third kappa shape index (κ3) is 6.37. The highest BCUT2D eigenvalue weighted by Gasteiger charge is 2.27. The molecule has 1 aromatic rings. The minimum atomic E-state index is -0.936. The van der Waals surface area contributed by atoms with Gasteiger partial charge in [-0.05, 0) is 38.8 Å². The summed E-state index contributed by atoms with van der Waals surface area (Å²) in [6, 6.07) is 3.43. The highest BCUT2D eigenvalue weighted by atomic mass is 19.2. The van der Waals surface area contributed by atoms with Gasteiger partial charge in [0.25, 0.3) is 0 Å². The second-order valence-corrected chi connectivity index (χ2v) is 6.17. The molecule has 2 rings (SSSR count). The molecule has 1 aliphatic rings. The summed E-state index contributed by atoms with van der Waals surface area (Å²) >= 11 is 0. The van der Waals surface area contributed by atoms with Crippen LogP contribution < -0.4 is 10.1 Å². The molecule has 0 aliphatic carbocycles. The maximum atomic E-state index is 13.2. The Bertz CT molecular complexity index is 647. The molecule has 150 valence electrons. The fraction of sp³-hybridized carbons (Fsp3) is 0.579. The Kier molecular flexibility index (Phi) is 8.29. The van der Waals surface area contributed by atoms with Crippen molar-refractivity contribution in [3.8, 4) is 5.75 Å². The standard InChI is InChI=1S/C19H27F2N3O3/c1-3-22-19(24-10-7-14(8-11-24)18(25)26-4-2)23-9-12-27-15-5-6-16(20)17(21)13-15/h5-6,13-14H,3-4,7-12H2,1-2H3,(H,22,23). The molecular weight excluding hydrogens is 356 g/mol. The highest BCUT2D eigenvalue weighted by Crippen LogP contribution is 2.19. The van der Waals surface area contributed by atoms with Crippen LogP contribution in [-0.4, -0.2) is 56.2 Å². The van der Waals surface area contributed by atoms with Crippen LogP contribution in [0.2, 0.25) is 0 Å². The third-order valence-electron chi connectivity index (χ3n) is 4.26. The van der Waals surface area contributed by atoms with Crippen molar-refractivity contribution < 1.29 is 23.0 Å². The Morgan fingerprint density at radius 1 is 1.26 bits per heavy atom. The lowest BCUT2D eigenvalue weighted by Crippen LogP contribution is -2.46. The molecule has 0 atom stereocenters. The molecule has 0 saturated carbocycles. The van der Waals surface area contributed by atoms with E-state index in [-0.39, 0.29) is 24.2 Å². The van der Waals surface area contributed by atoms with Crippen LogP contribution in [0.25, 0.3) is 0 Å². The zero-order valence-corrected chi connectivity index (χ0v) is 15.8. The maximum absolute atomic E-state index is 13.2. The van der Waals surface area contributed by atoms with Crippen LogP contribution in [0.1, 0.15) is 26.7 Å². The quantitative estimate of drug-likeness (QED) is 0.339. The number of esters is 1. The zero-order chi connectivity index (χ0) is 19.6. The molecule has 6 nitrogen and oxygen atoms in total. The molecule has 1 aliphatic heterocycles. The van der Waals surface area contributed by atoms with Crippen molar-refractivity contribution in [3.05, 3.63) is 29.8 Å². The van der Waals surface area contributed by atoms with E-state index >= 15 is 0 Å². The van der Waals surface area contributed by atoms with Gasteiger partial charge in [-0.3, -0.25) is 4.79 Å². The second-order valence-electron chi connectivity index (χ2n) is 6.17. The van der Waals surface area contributed by atoms with Crippen LogP contribution in [0.3, 0.4) is 0 Å². The van der Waals surface area contributed by atoms with E-state index in [9.17, 15) is 13.6 Å². The number of ether oxygens (including phenoxy) is 2. The van der Waals surface area contributed by atoms with Crippen LogP contribution in [-0.2, 0) is 9.53 Å². The van der Waals surface area contributed by atoms with E-state index in [0.29, 0.717) is 13.2 Å². The molecule has 0 aromatic heterocycles. The van der Waals surface area contributed by atoms with Crippen LogP contribution in [0.4, 0.5) is 8.78 Å². The lowest BCUT2D eigenvalue weighted by molar-refractivity contribution is -0.149. The first-order valence-electron chi connectivity index (χ1n) is 9.32. The van der Waals surface area contributed by atoms with Crippen molar-refractivity contribution in [2.45, 2.75) is 26.7 Å². The van der Waals surface area contributed by atoms with Gasteiger partial charge in [-0.25, -0.2) is 13.8 Å². The molecular formula is C19H27F2N3O3. The normalized spacial score (nSPS) is 15.6. The summed E-state index contributed by atoms with van der Waals surface area (Å²) in [6.07, 6.45) is 1.46. The predicted molar refractivity (Wildman–Crippen MR) is 98.8 cm³/mol. The van der Waals surface area contributed by atoms with Crippen molar-refractivity contribution in [1.82, 2.24) is 10.2 Å². The molecule has 1 fully saturated rings. The van der Waals surface area contributed by atoms with E-state index in [1.807, 2.05) is 13.8 Å². The van der Waals surface area contributed by atoms with Crippen molar-refractivity contribution in [2.24, 2.45) is 10.9 Å². The number of aliphatic imine (C=N–C) groups is 1. The molecule has 0 unspecified atom stereocenters. The van der Waals surface area contributed by atoms with E-state index in [1.165, 1.54) is 6.07 Å². The second kappa shape index (κ2) is 10.7. The summed E-state index contributed by atoms with van der Waals surface area (Å²) in [5.74, 6) is -0.993. The fourth-order valence-corrected chi connectivity index (χ4v) is 2.89. The van der Waals surface area contributed by atoms with Crippen molar-refractivity contribution in [2.75, 3.05) is 39.4 Å². The summed E-state index contributed by atoms with van der Waals surface area (Å²) in [7, 11) is 0. The number of piperidine rings is 1. The van der Waals surface area contributed by atoms with Crippen molar-refractivity contribution in [3.63, 3.8) is 0 Å². The SMILES string of the molecule is CCNC(=NCCOc1ccc(F)c(F)c1)N1CCC(C(=O)OCC)CC1. The van der Waals surface area contributed by atoms with Gasteiger partial charge in [0, 0.05) is 25.7 Å². The number of carbonyl (C=O) groups is 1. The number of nitrogens with zero attached hydrogens (tertiary/aromatic N) is 2. The van der Waals surface area contributed by atoms with Crippen molar-refractivity contribution >= 4 is 11.9 Å². The number of nitrogens with one attached hydrogen (secondary N) is 1. The first-order valence-corrected chi connectivity index (χ1v) is 9.32. The van der Waals surface area contributed by atoms with Gasteiger partial charge in [0.2, 0.25) is 0 Å². The molecule has 0 spiro atoms. The Labute approximate surface area is 158 Å². The summed E-state index contributed by atoms with van der Waals surface area (Å²) in [4.78, 5) is 18.5. The smallest absolute Gasteiger partial charge is 0.309 e. The monoisotopic (exact) mass is 383 g/mol.